The van der Waals surface area contributed by atoms with Gasteiger partial charge in [0.1, 0.15) is 5.01 Å². The zero-order chi connectivity index (χ0) is 9.97. The fourth-order valence-electron chi connectivity index (χ4n) is 1.17. The number of imidazole rings is 1. The van der Waals surface area contributed by atoms with E-state index in [9.17, 15) is 0 Å². The summed E-state index contributed by atoms with van der Waals surface area (Å²) in [4.78, 5) is 9.67. The molecule has 2 aromatic rings. The Morgan fingerprint density at radius 2 is 2.36 bits per heavy atom. The average molecular weight is 208 g/mol. The van der Waals surface area contributed by atoms with E-state index in [4.69, 9.17) is 0 Å². The van der Waals surface area contributed by atoms with Crippen LogP contribution in [0.2, 0.25) is 0 Å². The molecule has 74 valence electrons. The van der Waals surface area contributed by atoms with Gasteiger partial charge in [-0.3, -0.25) is 0 Å². The normalized spacial score (nSPS) is 10.4. The SMILES string of the molecule is Cc1cnc(CNc2nccn2C)s1. The number of anilines is 1. The van der Waals surface area contributed by atoms with Gasteiger partial charge in [-0.15, -0.1) is 11.3 Å². The molecule has 0 spiro atoms. The number of rotatable bonds is 3. The van der Waals surface area contributed by atoms with Gasteiger partial charge in [-0.1, -0.05) is 0 Å². The molecule has 2 aromatic heterocycles. The van der Waals surface area contributed by atoms with Crippen LogP contribution in [0.3, 0.4) is 0 Å². The van der Waals surface area contributed by atoms with E-state index in [2.05, 4.69) is 22.2 Å². The predicted octanol–water partition coefficient (Wildman–Crippen LogP) is 1.80. The van der Waals surface area contributed by atoms with Crippen LogP contribution in [0.1, 0.15) is 9.88 Å². The van der Waals surface area contributed by atoms with Crippen LogP contribution in [-0.4, -0.2) is 14.5 Å². The lowest BCUT2D eigenvalue weighted by molar-refractivity contribution is 0.898. The highest BCUT2D eigenvalue weighted by atomic mass is 32.1. The third-order valence-electron chi connectivity index (χ3n) is 1.89. The Morgan fingerprint density at radius 3 is 2.93 bits per heavy atom. The summed E-state index contributed by atoms with van der Waals surface area (Å²) in [6.45, 7) is 2.80. The van der Waals surface area contributed by atoms with Crippen LogP contribution in [-0.2, 0) is 13.6 Å². The Hall–Kier alpha value is -1.36. The number of aryl methyl sites for hydroxylation is 2. The van der Waals surface area contributed by atoms with E-state index < -0.39 is 0 Å². The van der Waals surface area contributed by atoms with E-state index in [1.54, 1.807) is 17.5 Å². The minimum absolute atomic E-state index is 0.739. The molecule has 0 bridgehead atoms. The third-order valence-corrected chi connectivity index (χ3v) is 2.80. The minimum Gasteiger partial charge on any atom is -0.349 e. The first-order chi connectivity index (χ1) is 6.75. The van der Waals surface area contributed by atoms with Gasteiger partial charge < -0.3 is 9.88 Å². The van der Waals surface area contributed by atoms with Crippen LogP contribution in [0.25, 0.3) is 0 Å². The topological polar surface area (TPSA) is 42.7 Å². The summed E-state index contributed by atoms with van der Waals surface area (Å²) in [6, 6.07) is 0. The van der Waals surface area contributed by atoms with Crippen molar-refractivity contribution in [2.45, 2.75) is 13.5 Å². The smallest absolute Gasteiger partial charge is 0.202 e. The maximum Gasteiger partial charge on any atom is 0.202 e. The Kier molecular flexibility index (Phi) is 2.49. The average Bonchev–Trinajstić information content (AvgIpc) is 2.72. The first-order valence-corrected chi connectivity index (χ1v) is 5.20. The largest absolute Gasteiger partial charge is 0.349 e. The minimum atomic E-state index is 0.739. The van der Waals surface area contributed by atoms with Crippen LogP contribution in [0.5, 0.6) is 0 Å². The molecule has 0 saturated heterocycles. The van der Waals surface area contributed by atoms with Crippen molar-refractivity contribution in [2.75, 3.05) is 5.32 Å². The van der Waals surface area contributed by atoms with Gasteiger partial charge in [0.25, 0.3) is 0 Å². The highest BCUT2D eigenvalue weighted by Crippen LogP contribution is 2.12. The molecular weight excluding hydrogens is 196 g/mol. The van der Waals surface area contributed by atoms with Crippen LogP contribution < -0.4 is 5.32 Å². The van der Waals surface area contributed by atoms with Crippen LogP contribution in [0, 0.1) is 6.92 Å². The second-order valence-corrected chi connectivity index (χ2v) is 4.40. The van der Waals surface area contributed by atoms with E-state index in [1.165, 1.54) is 4.88 Å². The van der Waals surface area contributed by atoms with E-state index in [0.717, 1.165) is 17.5 Å². The number of thiazole rings is 1. The number of nitrogens with zero attached hydrogens (tertiary/aromatic N) is 3. The van der Waals surface area contributed by atoms with Crippen LogP contribution >= 0.6 is 11.3 Å². The quantitative estimate of drug-likeness (QED) is 0.836. The maximum atomic E-state index is 4.26. The first kappa shape index (κ1) is 9.21. The summed E-state index contributed by atoms with van der Waals surface area (Å²) >= 11 is 1.70. The van der Waals surface area contributed by atoms with Crippen molar-refractivity contribution in [3.05, 3.63) is 28.5 Å². The summed E-state index contributed by atoms with van der Waals surface area (Å²) in [5.41, 5.74) is 0. The fraction of sp³-hybridized carbons (Fsp3) is 0.333. The molecular formula is C9H12N4S. The zero-order valence-corrected chi connectivity index (χ0v) is 9.01. The number of hydrogen-bond donors (Lipinski definition) is 1. The van der Waals surface area contributed by atoms with Crippen LogP contribution in [0.15, 0.2) is 18.6 Å². The summed E-state index contributed by atoms with van der Waals surface area (Å²) in [7, 11) is 1.96. The molecule has 2 heterocycles. The molecule has 2 rings (SSSR count). The molecule has 0 unspecified atom stereocenters. The van der Waals surface area contributed by atoms with Gasteiger partial charge in [0, 0.05) is 30.5 Å². The highest BCUT2D eigenvalue weighted by molar-refractivity contribution is 7.11. The summed E-state index contributed by atoms with van der Waals surface area (Å²) in [5.74, 6) is 0.873. The monoisotopic (exact) mass is 208 g/mol. The van der Waals surface area contributed by atoms with Crippen molar-refractivity contribution in [1.29, 1.82) is 0 Å². The van der Waals surface area contributed by atoms with E-state index in [0.29, 0.717) is 0 Å². The van der Waals surface area contributed by atoms with Crippen molar-refractivity contribution in [2.24, 2.45) is 7.05 Å². The van der Waals surface area contributed by atoms with Gasteiger partial charge >= 0.3 is 0 Å². The zero-order valence-electron chi connectivity index (χ0n) is 8.19. The highest BCUT2D eigenvalue weighted by Gasteiger charge is 2.00. The fourth-order valence-corrected chi connectivity index (χ4v) is 1.90. The number of hydrogen-bond acceptors (Lipinski definition) is 4. The molecule has 0 atom stereocenters. The van der Waals surface area contributed by atoms with Gasteiger partial charge in [0.05, 0.1) is 6.54 Å². The Morgan fingerprint density at radius 1 is 1.50 bits per heavy atom. The van der Waals surface area contributed by atoms with Crippen molar-refractivity contribution in [3.8, 4) is 0 Å². The first-order valence-electron chi connectivity index (χ1n) is 4.38. The Bertz CT molecular complexity index is 418. The Balaban J connectivity index is 1.98. The molecule has 0 saturated carbocycles. The molecule has 0 aliphatic carbocycles. The molecule has 0 aliphatic heterocycles. The molecule has 0 amide bonds. The van der Waals surface area contributed by atoms with Gasteiger partial charge in [-0.2, -0.15) is 0 Å². The maximum absolute atomic E-state index is 4.26. The molecule has 0 fully saturated rings. The lowest BCUT2D eigenvalue weighted by Crippen LogP contribution is -2.04. The number of aromatic nitrogens is 3. The van der Waals surface area contributed by atoms with E-state index >= 15 is 0 Å². The lowest BCUT2D eigenvalue weighted by Gasteiger charge is -2.02. The van der Waals surface area contributed by atoms with Gasteiger partial charge in [-0.05, 0) is 6.92 Å². The van der Waals surface area contributed by atoms with Gasteiger partial charge in [0.2, 0.25) is 5.95 Å². The van der Waals surface area contributed by atoms with Crippen molar-refractivity contribution < 1.29 is 0 Å². The van der Waals surface area contributed by atoms with Crippen molar-refractivity contribution >= 4 is 17.3 Å². The molecule has 4 nitrogen and oxygen atoms in total. The van der Waals surface area contributed by atoms with Gasteiger partial charge in [-0.25, -0.2) is 9.97 Å². The lowest BCUT2D eigenvalue weighted by atomic mass is 10.6. The van der Waals surface area contributed by atoms with E-state index in [-0.39, 0.29) is 0 Å². The summed E-state index contributed by atoms with van der Waals surface area (Å²) in [5, 5.41) is 4.31. The standard InChI is InChI=1S/C9H12N4S/c1-7-5-11-8(14-7)6-12-9-10-3-4-13(9)2/h3-5H,6H2,1-2H3,(H,10,12). The molecule has 0 radical (unpaired) electrons. The summed E-state index contributed by atoms with van der Waals surface area (Å²) in [6.07, 6.45) is 5.57. The molecule has 5 heteroatoms. The second-order valence-electron chi connectivity index (χ2n) is 3.08. The molecule has 1 N–H and O–H groups in total. The molecule has 14 heavy (non-hydrogen) atoms. The number of nitrogens with one attached hydrogen (secondary N) is 1. The van der Waals surface area contributed by atoms with Gasteiger partial charge in [0.15, 0.2) is 0 Å². The van der Waals surface area contributed by atoms with Crippen molar-refractivity contribution in [3.63, 3.8) is 0 Å². The van der Waals surface area contributed by atoms with Crippen molar-refractivity contribution in [1.82, 2.24) is 14.5 Å². The Labute approximate surface area is 86.6 Å². The predicted molar refractivity (Wildman–Crippen MR) is 57.4 cm³/mol. The second kappa shape index (κ2) is 3.79. The molecule has 0 aromatic carbocycles. The molecule has 0 aliphatic rings. The summed E-state index contributed by atoms with van der Waals surface area (Å²) < 4.78 is 1.94. The van der Waals surface area contributed by atoms with Crippen LogP contribution in [0.4, 0.5) is 5.95 Å². The third kappa shape index (κ3) is 1.93. The van der Waals surface area contributed by atoms with E-state index in [1.807, 2.05) is 24.0 Å².